The zero-order valence-electron chi connectivity index (χ0n) is 15.7. The second-order valence-electron chi connectivity index (χ2n) is 6.48. The first-order chi connectivity index (χ1) is 14.1. The predicted molar refractivity (Wildman–Crippen MR) is 110 cm³/mol. The summed E-state index contributed by atoms with van der Waals surface area (Å²) in [5.74, 6) is -0.210. The molecule has 3 aromatic rings. The predicted octanol–water partition coefficient (Wildman–Crippen LogP) is 4.56. The van der Waals surface area contributed by atoms with Crippen LogP contribution in [-0.4, -0.2) is 17.8 Å². The Kier molecular flexibility index (Phi) is 5.03. The van der Waals surface area contributed by atoms with E-state index in [1.807, 2.05) is 37.3 Å². The summed E-state index contributed by atoms with van der Waals surface area (Å²) in [7, 11) is 0. The third kappa shape index (κ3) is 4.14. The van der Waals surface area contributed by atoms with E-state index in [4.69, 9.17) is 9.47 Å². The third-order valence-electron chi connectivity index (χ3n) is 4.40. The Morgan fingerprint density at radius 2 is 1.62 bits per heavy atom. The van der Waals surface area contributed by atoms with E-state index in [0.29, 0.717) is 17.2 Å². The topological polar surface area (TPSA) is 65.0 Å². The highest BCUT2D eigenvalue weighted by molar-refractivity contribution is 6.13. The van der Waals surface area contributed by atoms with Gasteiger partial charge in [-0.1, -0.05) is 48.5 Å². The summed E-state index contributed by atoms with van der Waals surface area (Å²) in [5, 5.41) is 0. The molecule has 29 heavy (non-hydrogen) atoms. The van der Waals surface area contributed by atoms with Gasteiger partial charge in [0, 0.05) is 5.56 Å². The summed E-state index contributed by atoms with van der Waals surface area (Å²) >= 11 is 0. The molecule has 0 amide bonds. The van der Waals surface area contributed by atoms with E-state index in [0.717, 1.165) is 16.7 Å². The molecule has 0 unspecified atom stereocenters. The van der Waals surface area contributed by atoms with Crippen LogP contribution in [0.4, 0.5) is 0 Å². The van der Waals surface area contributed by atoms with Crippen LogP contribution in [0.2, 0.25) is 0 Å². The van der Waals surface area contributed by atoms with Crippen molar-refractivity contribution in [2.45, 2.75) is 6.92 Å². The molecule has 0 bridgehead atoms. The summed E-state index contributed by atoms with van der Waals surface area (Å²) in [4.78, 5) is 28.6. The molecule has 1 heterocycles. The number of rotatable bonds is 4. The van der Waals surface area contributed by atoms with Crippen molar-refractivity contribution in [3.8, 4) is 5.75 Å². The maximum Gasteiger partial charge on any atom is 0.363 e. The molecule has 5 nitrogen and oxygen atoms in total. The number of hydrogen-bond donors (Lipinski definition) is 0. The maximum atomic E-state index is 12.2. The molecule has 0 spiro atoms. The molecule has 0 radical (unpaired) electrons. The van der Waals surface area contributed by atoms with Crippen molar-refractivity contribution >= 4 is 23.9 Å². The van der Waals surface area contributed by atoms with Gasteiger partial charge in [-0.2, -0.15) is 0 Å². The molecule has 0 saturated heterocycles. The fraction of sp³-hybridized carbons (Fsp3) is 0.0417. The molecular weight excluding hydrogens is 366 g/mol. The Morgan fingerprint density at radius 1 is 0.931 bits per heavy atom. The number of hydrogen-bond acceptors (Lipinski definition) is 5. The molecule has 0 atom stereocenters. The van der Waals surface area contributed by atoms with Crippen molar-refractivity contribution in [3.05, 3.63) is 107 Å². The highest BCUT2D eigenvalue weighted by atomic mass is 16.6. The number of nitrogens with zero attached hydrogens (tertiary/aromatic N) is 1. The van der Waals surface area contributed by atoms with Crippen LogP contribution in [0.25, 0.3) is 6.08 Å². The van der Waals surface area contributed by atoms with E-state index in [1.54, 1.807) is 54.6 Å². The van der Waals surface area contributed by atoms with Crippen LogP contribution in [0.15, 0.2) is 89.6 Å². The molecule has 0 fully saturated rings. The Bertz CT molecular complexity index is 1130. The minimum absolute atomic E-state index is 0.220. The summed E-state index contributed by atoms with van der Waals surface area (Å²) in [6.45, 7) is 1.93. The molecular formula is C24H17NO4. The van der Waals surface area contributed by atoms with Gasteiger partial charge >= 0.3 is 11.9 Å². The lowest BCUT2D eigenvalue weighted by atomic mass is 10.1. The molecule has 4 rings (SSSR count). The number of esters is 2. The highest BCUT2D eigenvalue weighted by Gasteiger charge is 2.24. The van der Waals surface area contributed by atoms with Gasteiger partial charge in [-0.3, -0.25) is 0 Å². The van der Waals surface area contributed by atoms with Gasteiger partial charge in [0.15, 0.2) is 5.70 Å². The Hall–Kier alpha value is -3.99. The lowest BCUT2D eigenvalue weighted by Crippen LogP contribution is -2.08. The molecule has 0 aliphatic carbocycles. The number of benzene rings is 3. The van der Waals surface area contributed by atoms with Crippen molar-refractivity contribution < 1.29 is 19.1 Å². The minimum Gasteiger partial charge on any atom is -0.423 e. The van der Waals surface area contributed by atoms with Crippen LogP contribution >= 0.6 is 0 Å². The number of carbonyl (C=O) groups excluding carboxylic acids is 2. The van der Waals surface area contributed by atoms with Gasteiger partial charge < -0.3 is 9.47 Å². The number of ether oxygens (including phenoxy) is 2. The van der Waals surface area contributed by atoms with E-state index in [1.165, 1.54) is 0 Å². The first kappa shape index (κ1) is 18.4. The monoisotopic (exact) mass is 383 g/mol. The number of aliphatic imine (C=N–C) groups is 1. The fourth-order valence-electron chi connectivity index (χ4n) is 2.87. The fourth-order valence-corrected chi connectivity index (χ4v) is 2.87. The van der Waals surface area contributed by atoms with Crippen LogP contribution in [0.5, 0.6) is 5.75 Å². The van der Waals surface area contributed by atoms with Crippen molar-refractivity contribution in [1.82, 2.24) is 0 Å². The summed E-state index contributed by atoms with van der Waals surface area (Å²) in [5.41, 5.74) is 3.20. The van der Waals surface area contributed by atoms with Gasteiger partial charge in [-0.15, -0.1) is 0 Å². The SMILES string of the molecule is Cc1ccccc1C1=N/C(=C/c2ccc(OC(=O)c3ccccc3)cc2)C(=O)O1. The molecule has 1 aliphatic rings. The summed E-state index contributed by atoms with van der Waals surface area (Å²) in [6, 6.07) is 23.2. The van der Waals surface area contributed by atoms with E-state index in [-0.39, 0.29) is 5.70 Å². The van der Waals surface area contributed by atoms with Crippen LogP contribution in [0.1, 0.15) is 27.0 Å². The van der Waals surface area contributed by atoms with Gasteiger partial charge in [-0.25, -0.2) is 14.6 Å². The van der Waals surface area contributed by atoms with Crippen molar-refractivity contribution in [1.29, 1.82) is 0 Å². The summed E-state index contributed by atoms with van der Waals surface area (Å²) in [6.07, 6.45) is 1.64. The lowest BCUT2D eigenvalue weighted by Gasteiger charge is -2.04. The van der Waals surface area contributed by atoms with Gasteiger partial charge in [0.25, 0.3) is 0 Å². The quantitative estimate of drug-likeness (QED) is 0.376. The molecule has 5 heteroatoms. The van der Waals surface area contributed by atoms with Gasteiger partial charge in [0.2, 0.25) is 5.90 Å². The van der Waals surface area contributed by atoms with Crippen molar-refractivity contribution in [3.63, 3.8) is 0 Å². The van der Waals surface area contributed by atoms with Crippen LogP contribution < -0.4 is 4.74 Å². The molecule has 0 saturated carbocycles. The number of carbonyl (C=O) groups is 2. The number of aryl methyl sites for hydroxylation is 1. The van der Waals surface area contributed by atoms with Crippen LogP contribution in [-0.2, 0) is 9.53 Å². The van der Waals surface area contributed by atoms with E-state index in [9.17, 15) is 9.59 Å². The summed E-state index contributed by atoms with van der Waals surface area (Å²) < 4.78 is 10.7. The van der Waals surface area contributed by atoms with E-state index >= 15 is 0 Å². The molecule has 0 N–H and O–H groups in total. The van der Waals surface area contributed by atoms with E-state index < -0.39 is 11.9 Å². The van der Waals surface area contributed by atoms with Crippen LogP contribution in [0.3, 0.4) is 0 Å². The maximum absolute atomic E-state index is 12.2. The van der Waals surface area contributed by atoms with Gasteiger partial charge in [0.1, 0.15) is 5.75 Å². The lowest BCUT2D eigenvalue weighted by molar-refractivity contribution is -0.129. The standard InChI is InChI=1S/C24H17NO4/c1-16-7-5-6-10-20(16)22-25-21(24(27)29-22)15-17-11-13-19(14-12-17)28-23(26)18-8-3-2-4-9-18/h2-15H,1H3/b21-15+. The first-order valence-corrected chi connectivity index (χ1v) is 9.06. The largest absolute Gasteiger partial charge is 0.423 e. The zero-order chi connectivity index (χ0) is 20.2. The molecule has 1 aliphatic heterocycles. The number of cyclic esters (lactones) is 1. The smallest absolute Gasteiger partial charge is 0.363 e. The average Bonchev–Trinajstić information content (AvgIpc) is 3.10. The van der Waals surface area contributed by atoms with Gasteiger partial charge in [-0.05, 0) is 54.5 Å². The molecule has 3 aromatic carbocycles. The second kappa shape index (κ2) is 7.94. The Balaban J connectivity index is 1.51. The minimum atomic E-state index is -0.497. The normalized spacial score (nSPS) is 14.4. The van der Waals surface area contributed by atoms with Crippen molar-refractivity contribution in [2.75, 3.05) is 0 Å². The zero-order valence-corrected chi connectivity index (χ0v) is 15.7. The first-order valence-electron chi connectivity index (χ1n) is 9.06. The second-order valence-corrected chi connectivity index (χ2v) is 6.48. The van der Waals surface area contributed by atoms with Crippen molar-refractivity contribution in [2.24, 2.45) is 4.99 Å². The Morgan fingerprint density at radius 3 is 2.34 bits per heavy atom. The average molecular weight is 383 g/mol. The molecule has 142 valence electrons. The third-order valence-corrected chi connectivity index (χ3v) is 4.40. The van der Waals surface area contributed by atoms with E-state index in [2.05, 4.69) is 4.99 Å². The van der Waals surface area contributed by atoms with Crippen LogP contribution in [0, 0.1) is 6.92 Å². The highest BCUT2D eigenvalue weighted by Crippen LogP contribution is 2.22. The molecule has 0 aromatic heterocycles. The van der Waals surface area contributed by atoms with Gasteiger partial charge in [0.05, 0.1) is 5.56 Å². The Labute approximate surface area is 167 Å².